The quantitative estimate of drug-likeness (QED) is 0.693. The van der Waals surface area contributed by atoms with Crippen LogP contribution >= 0.6 is 0 Å². The largest absolute Gasteiger partial charge is 0.311 e. The molecule has 0 spiro atoms. The average Bonchev–Trinajstić information content (AvgIpc) is 2.25. The Balaban J connectivity index is 2.56. The Kier molecular flexibility index (Phi) is 4.24. The Morgan fingerprint density at radius 3 is 2.31 bits per heavy atom. The maximum absolute atomic E-state index is 3.74. The van der Waals surface area contributed by atoms with Gasteiger partial charge in [-0.25, -0.2) is 0 Å². The molecule has 4 unspecified atom stereocenters. The minimum atomic E-state index is 0.722. The first-order valence-electron chi connectivity index (χ1n) is 5.93. The molecule has 0 aromatic carbocycles. The first kappa shape index (κ1) is 11.0. The molecule has 1 nitrogen and oxygen atoms in total. The van der Waals surface area contributed by atoms with Gasteiger partial charge in [0.15, 0.2) is 0 Å². The Morgan fingerprint density at radius 1 is 1.08 bits per heavy atom. The SMILES string of the molecule is CCC1CC(C)NC(CC)C(C)C1. The molecule has 78 valence electrons. The van der Waals surface area contributed by atoms with Crippen LogP contribution in [0.25, 0.3) is 0 Å². The predicted molar refractivity (Wildman–Crippen MR) is 58.9 cm³/mol. The molecule has 0 amide bonds. The van der Waals surface area contributed by atoms with Crippen LogP contribution in [0.5, 0.6) is 0 Å². The first-order valence-corrected chi connectivity index (χ1v) is 5.93. The van der Waals surface area contributed by atoms with Crippen LogP contribution in [0, 0.1) is 11.8 Å². The lowest BCUT2D eigenvalue weighted by atomic mass is 9.88. The molecule has 1 rings (SSSR count). The van der Waals surface area contributed by atoms with Crippen molar-refractivity contribution in [2.75, 3.05) is 0 Å². The summed E-state index contributed by atoms with van der Waals surface area (Å²) in [4.78, 5) is 0. The van der Waals surface area contributed by atoms with Crippen LogP contribution < -0.4 is 5.32 Å². The molecule has 0 aliphatic carbocycles. The van der Waals surface area contributed by atoms with Gasteiger partial charge in [0.05, 0.1) is 0 Å². The second-order valence-electron chi connectivity index (χ2n) is 4.81. The maximum Gasteiger partial charge on any atom is 0.00926 e. The molecule has 1 saturated heterocycles. The second-order valence-corrected chi connectivity index (χ2v) is 4.81. The number of hydrogen-bond acceptors (Lipinski definition) is 1. The van der Waals surface area contributed by atoms with E-state index in [-0.39, 0.29) is 0 Å². The summed E-state index contributed by atoms with van der Waals surface area (Å²) in [5, 5.41) is 3.74. The smallest absolute Gasteiger partial charge is 0.00926 e. The zero-order chi connectivity index (χ0) is 9.84. The Bertz CT molecular complexity index is 144. The number of hydrogen-bond donors (Lipinski definition) is 1. The van der Waals surface area contributed by atoms with Gasteiger partial charge in [-0.15, -0.1) is 0 Å². The Hall–Kier alpha value is -0.0400. The fourth-order valence-corrected chi connectivity index (χ4v) is 2.74. The van der Waals surface area contributed by atoms with E-state index in [2.05, 4.69) is 33.0 Å². The molecule has 1 fully saturated rings. The van der Waals surface area contributed by atoms with Gasteiger partial charge in [0.2, 0.25) is 0 Å². The highest BCUT2D eigenvalue weighted by atomic mass is 15.0. The van der Waals surface area contributed by atoms with E-state index in [4.69, 9.17) is 0 Å². The molecule has 0 aromatic rings. The van der Waals surface area contributed by atoms with Crippen molar-refractivity contribution in [2.24, 2.45) is 11.8 Å². The molecule has 1 aliphatic heterocycles. The van der Waals surface area contributed by atoms with E-state index < -0.39 is 0 Å². The normalized spacial score (nSPS) is 41.5. The van der Waals surface area contributed by atoms with Crippen LogP contribution in [0.1, 0.15) is 53.4 Å². The molecule has 1 heterocycles. The topological polar surface area (TPSA) is 12.0 Å². The lowest BCUT2D eigenvalue weighted by Crippen LogP contribution is -2.37. The molecule has 0 saturated carbocycles. The summed E-state index contributed by atoms with van der Waals surface area (Å²) in [6, 6.07) is 1.48. The molecule has 0 aromatic heterocycles. The van der Waals surface area contributed by atoms with Gasteiger partial charge in [0.1, 0.15) is 0 Å². The van der Waals surface area contributed by atoms with E-state index in [1.807, 2.05) is 0 Å². The van der Waals surface area contributed by atoms with Gasteiger partial charge in [-0.1, -0.05) is 27.2 Å². The standard InChI is InChI=1S/C12H25N/c1-5-11-7-9(3)12(6-2)13-10(4)8-11/h9-13H,5-8H2,1-4H3. The fourth-order valence-electron chi connectivity index (χ4n) is 2.74. The first-order chi connectivity index (χ1) is 6.17. The molecule has 1 N–H and O–H groups in total. The van der Waals surface area contributed by atoms with Crippen molar-refractivity contribution in [3.8, 4) is 0 Å². The predicted octanol–water partition coefficient (Wildman–Crippen LogP) is 3.20. The molecule has 4 atom stereocenters. The van der Waals surface area contributed by atoms with Crippen LogP contribution in [0.15, 0.2) is 0 Å². The molecule has 13 heavy (non-hydrogen) atoms. The average molecular weight is 183 g/mol. The van der Waals surface area contributed by atoms with Crippen molar-refractivity contribution in [3.63, 3.8) is 0 Å². The molecule has 0 radical (unpaired) electrons. The van der Waals surface area contributed by atoms with E-state index in [1.165, 1.54) is 25.7 Å². The van der Waals surface area contributed by atoms with Gasteiger partial charge in [-0.2, -0.15) is 0 Å². The summed E-state index contributed by atoms with van der Waals surface area (Å²) in [5.41, 5.74) is 0. The van der Waals surface area contributed by atoms with Crippen molar-refractivity contribution in [1.82, 2.24) is 5.32 Å². The van der Waals surface area contributed by atoms with E-state index in [1.54, 1.807) is 0 Å². The molecule has 1 heteroatoms. The molecular weight excluding hydrogens is 158 g/mol. The van der Waals surface area contributed by atoms with Gasteiger partial charge in [-0.05, 0) is 38.0 Å². The van der Waals surface area contributed by atoms with Crippen molar-refractivity contribution >= 4 is 0 Å². The van der Waals surface area contributed by atoms with Gasteiger partial charge in [-0.3, -0.25) is 0 Å². The zero-order valence-corrected chi connectivity index (χ0v) is 9.64. The van der Waals surface area contributed by atoms with Gasteiger partial charge in [0, 0.05) is 12.1 Å². The summed E-state index contributed by atoms with van der Waals surface area (Å²) in [6.07, 6.45) is 5.43. The minimum Gasteiger partial charge on any atom is -0.311 e. The number of nitrogens with one attached hydrogen (secondary N) is 1. The highest BCUT2D eigenvalue weighted by Gasteiger charge is 2.25. The summed E-state index contributed by atoms with van der Waals surface area (Å²) < 4.78 is 0. The van der Waals surface area contributed by atoms with E-state index in [0.29, 0.717) is 0 Å². The van der Waals surface area contributed by atoms with E-state index in [0.717, 1.165) is 23.9 Å². The highest BCUT2D eigenvalue weighted by molar-refractivity contribution is 4.83. The van der Waals surface area contributed by atoms with Gasteiger partial charge in [0.25, 0.3) is 0 Å². The van der Waals surface area contributed by atoms with Gasteiger partial charge >= 0.3 is 0 Å². The van der Waals surface area contributed by atoms with Crippen molar-refractivity contribution < 1.29 is 0 Å². The Labute approximate surface area is 83.3 Å². The van der Waals surface area contributed by atoms with Crippen molar-refractivity contribution in [3.05, 3.63) is 0 Å². The molecule has 0 bridgehead atoms. The van der Waals surface area contributed by atoms with Crippen LogP contribution in [-0.2, 0) is 0 Å². The third-order valence-corrected chi connectivity index (χ3v) is 3.59. The summed E-state index contributed by atoms with van der Waals surface area (Å²) in [7, 11) is 0. The molecule has 1 aliphatic rings. The lowest BCUT2D eigenvalue weighted by molar-refractivity contribution is 0.339. The summed E-state index contributed by atoms with van der Waals surface area (Å²) >= 11 is 0. The second kappa shape index (κ2) is 4.99. The maximum atomic E-state index is 3.74. The van der Waals surface area contributed by atoms with Crippen LogP contribution in [0.2, 0.25) is 0 Å². The zero-order valence-electron chi connectivity index (χ0n) is 9.64. The van der Waals surface area contributed by atoms with E-state index in [9.17, 15) is 0 Å². The fraction of sp³-hybridized carbons (Fsp3) is 1.00. The Morgan fingerprint density at radius 2 is 1.77 bits per heavy atom. The molecular formula is C12H25N. The summed E-state index contributed by atoms with van der Waals surface area (Å²) in [5.74, 6) is 1.81. The van der Waals surface area contributed by atoms with Crippen LogP contribution in [-0.4, -0.2) is 12.1 Å². The third-order valence-electron chi connectivity index (χ3n) is 3.59. The van der Waals surface area contributed by atoms with Crippen LogP contribution in [0.3, 0.4) is 0 Å². The monoisotopic (exact) mass is 183 g/mol. The van der Waals surface area contributed by atoms with Crippen molar-refractivity contribution in [1.29, 1.82) is 0 Å². The third kappa shape index (κ3) is 2.98. The van der Waals surface area contributed by atoms with Crippen LogP contribution in [0.4, 0.5) is 0 Å². The van der Waals surface area contributed by atoms with E-state index >= 15 is 0 Å². The number of rotatable bonds is 2. The minimum absolute atomic E-state index is 0.722. The lowest BCUT2D eigenvalue weighted by Gasteiger charge is -2.23. The van der Waals surface area contributed by atoms with Gasteiger partial charge < -0.3 is 5.32 Å². The summed E-state index contributed by atoms with van der Waals surface area (Å²) in [6.45, 7) is 9.37. The van der Waals surface area contributed by atoms with Crippen molar-refractivity contribution in [2.45, 2.75) is 65.5 Å². The highest BCUT2D eigenvalue weighted by Crippen LogP contribution is 2.27.